The van der Waals surface area contributed by atoms with Gasteiger partial charge in [-0.05, 0) is 50.8 Å². The van der Waals surface area contributed by atoms with E-state index in [4.69, 9.17) is 9.47 Å². The fourth-order valence-corrected chi connectivity index (χ4v) is 3.70. The number of nitrogens with one attached hydrogen (secondary N) is 1. The Morgan fingerprint density at radius 1 is 1.19 bits per heavy atom. The molecule has 0 radical (unpaired) electrons. The molecule has 0 aliphatic heterocycles. The maximum absolute atomic E-state index is 14.8. The zero-order chi connectivity index (χ0) is 23.5. The summed E-state index contributed by atoms with van der Waals surface area (Å²) in [6.07, 6.45) is 4.03. The summed E-state index contributed by atoms with van der Waals surface area (Å²) >= 11 is 0. The first-order chi connectivity index (χ1) is 15.1. The summed E-state index contributed by atoms with van der Waals surface area (Å²) in [7, 11) is 1.26. The van der Waals surface area contributed by atoms with Crippen LogP contribution in [0.1, 0.15) is 62.5 Å². The smallest absolute Gasteiger partial charge is 0.408 e. The number of benzene rings is 1. The second kappa shape index (κ2) is 9.42. The van der Waals surface area contributed by atoms with Crippen LogP contribution in [0.4, 0.5) is 13.6 Å². The summed E-state index contributed by atoms with van der Waals surface area (Å²) in [4.78, 5) is 33.3. The van der Waals surface area contributed by atoms with E-state index in [0.29, 0.717) is 23.4 Å². The summed E-state index contributed by atoms with van der Waals surface area (Å²) < 4.78 is 39.0. The van der Waals surface area contributed by atoms with Gasteiger partial charge in [0.2, 0.25) is 0 Å². The van der Waals surface area contributed by atoms with E-state index in [-0.39, 0.29) is 12.0 Å². The van der Waals surface area contributed by atoms with Gasteiger partial charge in [-0.1, -0.05) is 12.1 Å². The van der Waals surface area contributed by atoms with Gasteiger partial charge in [0.1, 0.15) is 5.60 Å². The number of halogens is 2. The average Bonchev–Trinajstić information content (AvgIpc) is 2.86. The number of allylic oxidation sites excluding steroid dienone is 1. The molecule has 3 rings (SSSR count). The third-order valence-electron chi connectivity index (χ3n) is 5.00. The minimum Gasteiger partial charge on any atom is -0.466 e. The molecular weight excluding hydrogens is 420 g/mol. The third kappa shape index (κ3) is 5.27. The van der Waals surface area contributed by atoms with Crippen molar-refractivity contribution in [2.24, 2.45) is 0 Å². The minimum absolute atomic E-state index is 0.0852. The molecule has 0 bridgehead atoms. The molecule has 1 N–H and O–H groups in total. The number of aromatic nitrogens is 2. The van der Waals surface area contributed by atoms with Gasteiger partial charge in [0, 0.05) is 24.4 Å². The summed E-state index contributed by atoms with van der Waals surface area (Å²) in [5, 5.41) is 2.76. The predicted molar refractivity (Wildman–Crippen MR) is 112 cm³/mol. The minimum atomic E-state index is -1.00. The maximum Gasteiger partial charge on any atom is 0.408 e. The molecule has 170 valence electrons. The van der Waals surface area contributed by atoms with Crippen molar-refractivity contribution in [2.45, 2.75) is 51.2 Å². The van der Waals surface area contributed by atoms with Gasteiger partial charge in [0.25, 0.3) is 0 Å². The lowest BCUT2D eigenvalue weighted by atomic mass is 9.86. The standard InChI is InChI=1S/C23H25F2N3O4/c1-23(2,3)32-22(30)28-20-15(14-6-5-7-16(24)18(14)25)9-8-13(12-17(29)31-4)19-21(20)27-11-10-26-19/h5-7,10-12,15,20H,8-9H2,1-4H3,(H,28,30)/b13-12+/t15-,20-/m0/s1. The highest BCUT2D eigenvalue weighted by Crippen LogP contribution is 2.43. The largest absolute Gasteiger partial charge is 0.466 e. The molecule has 32 heavy (non-hydrogen) atoms. The normalized spacial score (nSPS) is 19.6. The summed E-state index contributed by atoms with van der Waals surface area (Å²) in [6, 6.07) is 3.03. The van der Waals surface area contributed by atoms with Gasteiger partial charge in [-0.2, -0.15) is 0 Å². The molecule has 7 nitrogen and oxygen atoms in total. The zero-order valence-corrected chi connectivity index (χ0v) is 18.3. The number of ether oxygens (including phenoxy) is 2. The molecule has 0 unspecified atom stereocenters. The highest BCUT2D eigenvalue weighted by Gasteiger charge is 2.36. The van der Waals surface area contributed by atoms with E-state index in [1.807, 2.05) is 0 Å². The van der Waals surface area contributed by atoms with Crippen LogP contribution in [0, 0.1) is 11.6 Å². The number of amides is 1. The van der Waals surface area contributed by atoms with Crippen molar-refractivity contribution in [3.05, 3.63) is 65.3 Å². The number of hydrogen-bond acceptors (Lipinski definition) is 6. The van der Waals surface area contributed by atoms with Crippen LogP contribution in [0.25, 0.3) is 5.57 Å². The van der Waals surface area contributed by atoms with Crippen molar-refractivity contribution in [1.82, 2.24) is 15.3 Å². The quantitative estimate of drug-likeness (QED) is 0.426. The number of nitrogens with zero attached hydrogens (tertiary/aromatic N) is 2. The van der Waals surface area contributed by atoms with Crippen molar-refractivity contribution >= 4 is 17.6 Å². The van der Waals surface area contributed by atoms with Crippen molar-refractivity contribution in [3.63, 3.8) is 0 Å². The highest BCUT2D eigenvalue weighted by molar-refractivity contribution is 5.91. The highest BCUT2D eigenvalue weighted by atomic mass is 19.2. The van der Waals surface area contributed by atoms with Crippen molar-refractivity contribution in [2.75, 3.05) is 7.11 Å². The monoisotopic (exact) mass is 445 g/mol. The van der Waals surface area contributed by atoms with Gasteiger partial charge in [0.15, 0.2) is 11.6 Å². The summed E-state index contributed by atoms with van der Waals surface area (Å²) in [5.74, 6) is -3.27. The van der Waals surface area contributed by atoms with Crippen LogP contribution in [-0.2, 0) is 14.3 Å². The summed E-state index contributed by atoms with van der Waals surface area (Å²) in [5.41, 5.74) is 0.533. The van der Waals surface area contributed by atoms with Crippen LogP contribution >= 0.6 is 0 Å². The van der Waals surface area contributed by atoms with Gasteiger partial charge in [-0.25, -0.2) is 18.4 Å². The molecule has 1 aromatic heterocycles. The second-order valence-corrected chi connectivity index (χ2v) is 8.40. The first kappa shape index (κ1) is 23.3. The van der Waals surface area contributed by atoms with Gasteiger partial charge in [-0.3, -0.25) is 9.97 Å². The Balaban J connectivity index is 2.14. The fourth-order valence-electron chi connectivity index (χ4n) is 3.70. The molecule has 0 spiro atoms. The number of rotatable bonds is 3. The molecule has 1 amide bonds. The fraction of sp³-hybridized carbons (Fsp3) is 0.391. The number of alkyl carbamates (subject to hydrolysis) is 1. The molecule has 1 aromatic carbocycles. The maximum atomic E-state index is 14.8. The number of hydrogen-bond donors (Lipinski definition) is 1. The van der Waals surface area contributed by atoms with Crippen molar-refractivity contribution in [3.8, 4) is 0 Å². The van der Waals surface area contributed by atoms with Gasteiger partial charge in [-0.15, -0.1) is 0 Å². The molecule has 1 aliphatic rings. The number of carbonyl (C=O) groups excluding carboxylic acids is 2. The van der Waals surface area contributed by atoms with Crippen LogP contribution in [0.15, 0.2) is 36.7 Å². The Bertz CT molecular complexity index is 1050. The van der Waals surface area contributed by atoms with Gasteiger partial charge < -0.3 is 14.8 Å². The average molecular weight is 445 g/mol. The Hall–Kier alpha value is -3.36. The molecule has 1 aliphatic carbocycles. The molecule has 2 aromatic rings. The van der Waals surface area contributed by atoms with E-state index in [2.05, 4.69) is 15.3 Å². The number of esters is 1. The zero-order valence-electron chi connectivity index (χ0n) is 18.3. The molecular formula is C23H25F2N3O4. The molecule has 2 atom stereocenters. The van der Waals surface area contributed by atoms with Crippen LogP contribution in [0.5, 0.6) is 0 Å². The van der Waals surface area contributed by atoms with Gasteiger partial charge >= 0.3 is 12.1 Å². The van der Waals surface area contributed by atoms with E-state index >= 15 is 0 Å². The van der Waals surface area contributed by atoms with Gasteiger partial charge in [0.05, 0.1) is 24.5 Å². The lowest BCUT2D eigenvalue weighted by molar-refractivity contribution is -0.134. The van der Waals surface area contributed by atoms with Crippen LogP contribution in [-0.4, -0.2) is 34.7 Å². The Morgan fingerprint density at radius 2 is 1.91 bits per heavy atom. The molecule has 0 saturated heterocycles. The Labute approximate surface area is 184 Å². The van der Waals surface area contributed by atoms with E-state index in [9.17, 15) is 18.4 Å². The third-order valence-corrected chi connectivity index (χ3v) is 5.00. The van der Waals surface area contributed by atoms with E-state index in [1.54, 1.807) is 20.8 Å². The lowest BCUT2D eigenvalue weighted by Crippen LogP contribution is -2.38. The summed E-state index contributed by atoms with van der Waals surface area (Å²) in [6.45, 7) is 5.15. The molecule has 0 saturated carbocycles. The number of methoxy groups -OCH3 is 1. The van der Waals surface area contributed by atoms with E-state index in [0.717, 1.165) is 6.07 Å². The van der Waals surface area contributed by atoms with Crippen LogP contribution < -0.4 is 5.32 Å². The number of carbonyl (C=O) groups is 2. The van der Waals surface area contributed by atoms with E-state index in [1.165, 1.54) is 37.7 Å². The SMILES string of the molecule is COC(=O)/C=C1\CC[C@@H](c2cccc(F)c2F)[C@H](NC(=O)OC(C)(C)C)c2nccnc21. The Morgan fingerprint density at radius 3 is 2.59 bits per heavy atom. The van der Waals surface area contributed by atoms with Crippen molar-refractivity contribution < 1.29 is 27.8 Å². The number of fused-ring (bicyclic) bond motifs is 1. The van der Waals surface area contributed by atoms with Crippen molar-refractivity contribution in [1.29, 1.82) is 0 Å². The topological polar surface area (TPSA) is 90.4 Å². The first-order valence-electron chi connectivity index (χ1n) is 10.1. The first-order valence-corrected chi connectivity index (χ1v) is 10.1. The second-order valence-electron chi connectivity index (χ2n) is 8.40. The predicted octanol–water partition coefficient (Wildman–Crippen LogP) is 4.45. The molecule has 9 heteroatoms. The molecule has 0 fully saturated rings. The van der Waals surface area contributed by atoms with E-state index < -0.39 is 41.3 Å². The van der Waals surface area contributed by atoms with Crippen LogP contribution in [0.2, 0.25) is 0 Å². The molecule has 1 heterocycles. The lowest BCUT2D eigenvalue weighted by Gasteiger charge is -2.28. The Kier molecular flexibility index (Phi) is 6.86. The van der Waals surface area contributed by atoms with Crippen LogP contribution in [0.3, 0.4) is 0 Å².